The monoisotopic (exact) mass is 378 g/mol. The zero-order chi connectivity index (χ0) is 19.3. The van der Waals surface area contributed by atoms with Crippen molar-refractivity contribution >= 4 is 21.8 Å². The summed E-state index contributed by atoms with van der Waals surface area (Å²) in [5, 5.41) is 0. The summed E-state index contributed by atoms with van der Waals surface area (Å²) >= 11 is 0. The molecular weight excluding hydrogens is 360 g/mol. The first kappa shape index (κ1) is 19.3. The molecule has 1 aromatic carbocycles. The number of carbonyl (C=O) groups is 2. The Labute approximate surface area is 150 Å². The largest absolute Gasteiger partial charge is 0.306 e. The molecule has 0 bridgehead atoms. The number of hydrazine groups is 1. The summed E-state index contributed by atoms with van der Waals surface area (Å²) in [6.07, 6.45) is 1.45. The van der Waals surface area contributed by atoms with E-state index in [1.54, 1.807) is 12.1 Å². The fourth-order valence-electron chi connectivity index (χ4n) is 1.97. The van der Waals surface area contributed by atoms with Gasteiger partial charge in [0.25, 0.3) is 17.4 Å². The van der Waals surface area contributed by atoms with E-state index in [9.17, 15) is 22.8 Å². The van der Waals surface area contributed by atoms with E-state index >= 15 is 0 Å². The van der Waals surface area contributed by atoms with Gasteiger partial charge in [-0.2, -0.15) is 0 Å². The second-order valence-electron chi connectivity index (χ2n) is 5.48. The van der Waals surface area contributed by atoms with Crippen molar-refractivity contribution in [2.45, 2.75) is 11.4 Å². The highest BCUT2D eigenvalue weighted by Gasteiger charge is 2.17. The van der Waals surface area contributed by atoms with Crippen molar-refractivity contribution in [3.8, 4) is 0 Å². The quantitative estimate of drug-likeness (QED) is 0.684. The molecule has 1 heterocycles. The van der Waals surface area contributed by atoms with Gasteiger partial charge in [-0.25, -0.2) is 12.7 Å². The maximum Gasteiger partial charge on any atom is 0.269 e. The van der Waals surface area contributed by atoms with Crippen molar-refractivity contribution in [1.29, 1.82) is 0 Å². The van der Waals surface area contributed by atoms with Crippen LogP contribution in [-0.4, -0.2) is 43.2 Å². The number of pyridine rings is 1. The van der Waals surface area contributed by atoms with E-state index in [2.05, 4.69) is 10.9 Å². The molecule has 0 spiro atoms. The summed E-state index contributed by atoms with van der Waals surface area (Å²) in [5.74, 6) is -1.20. The third kappa shape index (κ3) is 4.55. The van der Waals surface area contributed by atoms with Crippen molar-refractivity contribution in [3.63, 3.8) is 0 Å². The molecule has 10 heteroatoms. The van der Waals surface area contributed by atoms with Crippen LogP contribution in [0.25, 0.3) is 0 Å². The van der Waals surface area contributed by atoms with Crippen LogP contribution >= 0.6 is 0 Å². The lowest BCUT2D eigenvalue weighted by atomic mass is 10.2. The molecule has 2 N–H and O–H groups in total. The van der Waals surface area contributed by atoms with E-state index in [0.717, 1.165) is 4.31 Å². The van der Waals surface area contributed by atoms with Crippen LogP contribution < -0.4 is 16.4 Å². The molecule has 0 aliphatic rings. The van der Waals surface area contributed by atoms with Gasteiger partial charge in [0.05, 0.1) is 4.90 Å². The average molecular weight is 378 g/mol. The van der Waals surface area contributed by atoms with Crippen LogP contribution in [0.3, 0.4) is 0 Å². The highest BCUT2D eigenvalue weighted by molar-refractivity contribution is 7.89. The highest BCUT2D eigenvalue weighted by Crippen LogP contribution is 2.13. The molecule has 1 aromatic heterocycles. The van der Waals surface area contributed by atoms with E-state index in [1.165, 1.54) is 55.2 Å². The summed E-state index contributed by atoms with van der Waals surface area (Å²) in [6, 6.07) is 9.74. The number of nitrogens with one attached hydrogen (secondary N) is 2. The maximum absolute atomic E-state index is 12.0. The minimum absolute atomic E-state index is 0.0477. The lowest BCUT2D eigenvalue weighted by molar-refractivity contribution is -0.122. The lowest BCUT2D eigenvalue weighted by Gasteiger charge is -2.12. The van der Waals surface area contributed by atoms with Crippen LogP contribution in [0.1, 0.15) is 10.4 Å². The lowest BCUT2D eigenvalue weighted by Crippen LogP contribution is -2.44. The molecule has 2 aromatic rings. The molecule has 0 saturated heterocycles. The summed E-state index contributed by atoms with van der Waals surface area (Å²) in [4.78, 5) is 35.4. The van der Waals surface area contributed by atoms with Gasteiger partial charge in [0, 0.05) is 31.9 Å². The number of benzene rings is 1. The number of nitrogens with zero attached hydrogens (tertiary/aromatic N) is 2. The first-order valence-electron chi connectivity index (χ1n) is 7.49. The number of rotatable bonds is 5. The Morgan fingerprint density at radius 2 is 1.69 bits per heavy atom. The molecule has 0 saturated carbocycles. The smallest absolute Gasteiger partial charge is 0.269 e. The molecule has 0 atom stereocenters. The van der Waals surface area contributed by atoms with Crippen molar-refractivity contribution < 1.29 is 18.0 Å². The normalized spacial score (nSPS) is 11.2. The molecule has 0 radical (unpaired) electrons. The Balaban J connectivity index is 1.97. The van der Waals surface area contributed by atoms with Crippen LogP contribution in [0.15, 0.2) is 58.4 Å². The fourth-order valence-corrected chi connectivity index (χ4v) is 2.87. The van der Waals surface area contributed by atoms with Crippen molar-refractivity contribution in [2.75, 3.05) is 14.1 Å². The molecule has 2 rings (SSSR count). The molecule has 0 aliphatic carbocycles. The number of aromatic nitrogens is 1. The topological polar surface area (TPSA) is 118 Å². The highest BCUT2D eigenvalue weighted by atomic mass is 32.2. The minimum atomic E-state index is -3.58. The molecule has 138 valence electrons. The maximum atomic E-state index is 12.0. The minimum Gasteiger partial charge on any atom is -0.306 e. The third-order valence-corrected chi connectivity index (χ3v) is 5.25. The van der Waals surface area contributed by atoms with Crippen LogP contribution in [0.4, 0.5) is 0 Å². The Morgan fingerprint density at radius 1 is 1.04 bits per heavy atom. The van der Waals surface area contributed by atoms with Crippen LogP contribution in [0.2, 0.25) is 0 Å². The number of sulfonamides is 1. The summed E-state index contributed by atoms with van der Waals surface area (Å²) in [6.45, 7) is -0.250. The standard InChI is InChI=1S/C16H18N4O5S/c1-19(2)26(24,25)13-8-6-12(7-9-13)16(23)18-17-14(21)11-20-10-4-3-5-15(20)22/h3-10H,11H2,1-2H3,(H,17,21)(H,18,23). The summed E-state index contributed by atoms with van der Waals surface area (Å²) in [7, 11) is -0.772. The number of hydrogen-bond acceptors (Lipinski definition) is 5. The predicted molar refractivity (Wildman–Crippen MR) is 93.6 cm³/mol. The van der Waals surface area contributed by atoms with E-state index in [0.29, 0.717) is 0 Å². The second-order valence-corrected chi connectivity index (χ2v) is 7.63. The second kappa shape index (κ2) is 7.93. The SMILES string of the molecule is CN(C)S(=O)(=O)c1ccc(C(=O)NNC(=O)Cn2ccccc2=O)cc1. The fraction of sp³-hybridized carbons (Fsp3) is 0.188. The molecule has 0 aliphatic heterocycles. The van der Waals surface area contributed by atoms with Crippen molar-refractivity contribution in [2.24, 2.45) is 0 Å². The van der Waals surface area contributed by atoms with Crippen molar-refractivity contribution in [3.05, 3.63) is 64.6 Å². The first-order valence-corrected chi connectivity index (χ1v) is 8.93. The Morgan fingerprint density at radius 3 is 2.27 bits per heavy atom. The predicted octanol–water partition coefficient (Wildman–Crippen LogP) is -0.440. The Hall–Kier alpha value is -2.98. The van der Waals surface area contributed by atoms with Crippen LogP contribution in [0.5, 0.6) is 0 Å². The molecule has 9 nitrogen and oxygen atoms in total. The van der Waals surface area contributed by atoms with Gasteiger partial charge in [0.2, 0.25) is 10.0 Å². The number of carbonyl (C=O) groups excluding carboxylic acids is 2. The van der Waals surface area contributed by atoms with Gasteiger partial charge in [0.15, 0.2) is 0 Å². The Kier molecular flexibility index (Phi) is 5.90. The van der Waals surface area contributed by atoms with Gasteiger partial charge < -0.3 is 4.57 Å². The van der Waals surface area contributed by atoms with Gasteiger partial charge in [-0.1, -0.05) is 6.07 Å². The zero-order valence-corrected chi connectivity index (χ0v) is 15.0. The van der Waals surface area contributed by atoms with Gasteiger partial charge in [-0.05, 0) is 30.3 Å². The molecule has 26 heavy (non-hydrogen) atoms. The van der Waals surface area contributed by atoms with Gasteiger partial charge in [0.1, 0.15) is 6.54 Å². The third-order valence-electron chi connectivity index (χ3n) is 3.42. The average Bonchev–Trinajstić information content (AvgIpc) is 2.61. The van der Waals surface area contributed by atoms with Gasteiger partial charge in [-0.3, -0.25) is 25.2 Å². The number of hydrogen-bond donors (Lipinski definition) is 2. The van der Waals surface area contributed by atoms with E-state index in [4.69, 9.17) is 0 Å². The molecular formula is C16H18N4O5S. The van der Waals surface area contributed by atoms with Gasteiger partial charge in [-0.15, -0.1) is 0 Å². The molecule has 2 amide bonds. The summed E-state index contributed by atoms with van der Waals surface area (Å²) < 4.78 is 26.2. The van der Waals surface area contributed by atoms with Gasteiger partial charge >= 0.3 is 0 Å². The molecule has 0 unspecified atom stereocenters. The number of amides is 2. The van der Waals surface area contributed by atoms with Crippen molar-refractivity contribution in [1.82, 2.24) is 19.7 Å². The Bertz CT molecular complexity index is 965. The first-order chi connectivity index (χ1) is 12.2. The van der Waals surface area contributed by atoms with Crippen LogP contribution in [-0.2, 0) is 21.4 Å². The summed E-state index contributed by atoms with van der Waals surface area (Å²) in [5.41, 5.74) is 4.23. The van der Waals surface area contributed by atoms with Crippen LogP contribution in [0, 0.1) is 0 Å². The van der Waals surface area contributed by atoms with E-state index in [1.807, 2.05) is 0 Å². The zero-order valence-electron chi connectivity index (χ0n) is 14.2. The molecule has 0 fully saturated rings. The van der Waals surface area contributed by atoms with E-state index in [-0.39, 0.29) is 22.6 Å². The van der Waals surface area contributed by atoms with E-state index < -0.39 is 21.8 Å².